The first-order chi connectivity index (χ1) is 8.19. The third-order valence-electron chi connectivity index (χ3n) is 2.39. The van der Waals surface area contributed by atoms with Crippen molar-refractivity contribution < 1.29 is 4.39 Å². The molecule has 0 unspecified atom stereocenters. The Morgan fingerprint density at radius 3 is 2.76 bits per heavy atom. The minimum atomic E-state index is -0.348. The van der Waals surface area contributed by atoms with Gasteiger partial charge in [-0.1, -0.05) is 0 Å². The number of halogens is 1. The van der Waals surface area contributed by atoms with Gasteiger partial charge < -0.3 is 0 Å². The molecule has 0 aliphatic heterocycles. The van der Waals surface area contributed by atoms with Gasteiger partial charge in [-0.15, -0.1) is 0 Å². The van der Waals surface area contributed by atoms with Gasteiger partial charge in [0, 0.05) is 18.8 Å². The van der Waals surface area contributed by atoms with E-state index in [1.165, 1.54) is 18.2 Å². The summed E-state index contributed by atoms with van der Waals surface area (Å²) in [5.74, 6) is -0.348. The third-order valence-corrected chi connectivity index (χ3v) is 2.39. The van der Waals surface area contributed by atoms with Crippen molar-refractivity contribution in [2.45, 2.75) is 13.3 Å². The highest BCUT2D eigenvalue weighted by Gasteiger charge is 2.06. The fourth-order valence-electron chi connectivity index (χ4n) is 1.52. The molecule has 0 N–H and O–H groups in total. The molecule has 0 aliphatic rings. The van der Waals surface area contributed by atoms with Gasteiger partial charge in [0.1, 0.15) is 5.82 Å². The maximum atomic E-state index is 13.1. The van der Waals surface area contributed by atoms with Crippen LogP contribution >= 0.6 is 0 Å². The minimum absolute atomic E-state index is 0.348. The van der Waals surface area contributed by atoms with Gasteiger partial charge in [0.2, 0.25) is 0 Å². The molecule has 0 aliphatic carbocycles. The van der Waals surface area contributed by atoms with Gasteiger partial charge >= 0.3 is 0 Å². The molecule has 84 valence electrons. The number of aryl methyl sites for hydroxylation is 1. The Hall–Kier alpha value is -2.28. The molecule has 0 amide bonds. The molecule has 0 atom stereocenters. The molecular formula is C13H10FN3. The average molecular weight is 227 g/mol. The summed E-state index contributed by atoms with van der Waals surface area (Å²) < 4.78 is 13.1. The highest BCUT2D eigenvalue weighted by Crippen LogP contribution is 2.14. The van der Waals surface area contributed by atoms with Gasteiger partial charge in [-0.3, -0.25) is 9.97 Å². The predicted molar refractivity (Wildman–Crippen MR) is 60.7 cm³/mol. The molecule has 2 rings (SSSR count). The van der Waals surface area contributed by atoms with Gasteiger partial charge in [0.15, 0.2) is 0 Å². The van der Waals surface area contributed by atoms with E-state index >= 15 is 0 Å². The lowest BCUT2D eigenvalue weighted by Gasteiger charge is -2.03. The molecule has 0 radical (unpaired) electrons. The van der Waals surface area contributed by atoms with Crippen molar-refractivity contribution in [1.82, 2.24) is 9.97 Å². The molecule has 0 spiro atoms. The maximum absolute atomic E-state index is 13.1. The number of nitrogens with zero attached hydrogens (tertiary/aromatic N) is 3. The first-order valence-electron chi connectivity index (χ1n) is 5.15. The highest BCUT2D eigenvalue weighted by atomic mass is 19.1. The quantitative estimate of drug-likeness (QED) is 0.791. The van der Waals surface area contributed by atoms with Crippen molar-refractivity contribution in [1.29, 1.82) is 5.26 Å². The Kier molecular flexibility index (Phi) is 3.10. The second-order valence-corrected chi connectivity index (χ2v) is 3.74. The van der Waals surface area contributed by atoms with Gasteiger partial charge in [-0.2, -0.15) is 5.26 Å². The Balaban J connectivity index is 2.32. The fraction of sp³-hybridized carbons (Fsp3) is 0.154. The standard InChI is InChI=1S/C13H10FN3/c1-9-7-17-13(8-16-9)5-11-4-12(14)3-2-10(11)6-15/h2-4,7-8H,5H2,1H3. The molecule has 3 nitrogen and oxygen atoms in total. The summed E-state index contributed by atoms with van der Waals surface area (Å²) in [7, 11) is 0. The molecule has 4 heteroatoms. The predicted octanol–water partition coefficient (Wildman–Crippen LogP) is 2.39. The van der Waals surface area contributed by atoms with E-state index < -0.39 is 0 Å². The molecule has 0 saturated heterocycles. The lowest BCUT2D eigenvalue weighted by molar-refractivity contribution is 0.625. The van der Waals surface area contributed by atoms with E-state index in [1.54, 1.807) is 12.4 Å². The number of rotatable bonds is 2. The van der Waals surface area contributed by atoms with E-state index in [0.717, 1.165) is 11.4 Å². The average Bonchev–Trinajstić information content (AvgIpc) is 2.32. The largest absolute Gasteiger partial charge is 0.258 e. The Morgan fingerprint density at radius 2 is 2.12 bits per heavy atom. The molecule has 1 heterocycles. The van der Waals surface area contributed by atoms with Crippen LogP contribution in [0.1, 0.15) is 22.5 Å². The topological polar surface area (TPSA) is 49.6 Å². The van der Waals surface area contributed by atoms with Crippen LogP contribution in [0.2, 0.25) is 0 Å². The maximum Gasteiger partial charge on any atom is 0.123 e. The summed E-state index contributed by atoms with van der Waals surface area (Å²) in [5, 5.41) is 8.92. The SMILES string of the molecule is Cc1cnc(Cc2cc(F)ccc2C#N)cn1. The van der Waals surface area contributed by atoms with Crippen LogP contribution in [0.25, 0.3) is 0 Å². The first kappa shape index (κ1) is 11.2. The van der Waals surface area contributed by atoms with Crippen molar-refractivity contribution >= 4 is 0 Å². The second-order valence-electron chi connectivity index (χ2n) is 3.74. The van der Waals surface area contributed by atoms with Gasteiger partial charge in [-0.25, -0.2) is 4.39 Å². The van der Waals surface area contributed by atoms with Crippen molar-refractivity contribution in [2.75, 3.05) is 0 Å². The summed E-state index contributed by atoms with van der Waals surface area (Å²) in [4.78, 5) is 8.30. The van der Waals surface area contributed by atoms with Crippen LogP contribution < -0.4 is 0 Å². The second kappa shape index (κ2) is 4.71. The van der Waals surface area contributed by atoms with E-state index in [9.17, 15) is 4.39 Å². The lowest BCUT2D eigenvalue weighted by atomic mass is 10.0. The van der Waals surface area contributed by atoms with Crippen molar-refractivity contribution in [3.63, 3.8) is 0 Å². The third kappa shape index (κ3) is 2.64. The number of benzene rings is 1. The molecule has 0 saturated carbocycles. The molecular weight excluding hydrogens is 217 g/mol. The smallest absolute Gasteiger partial charge is 0.123 e. The van der Waals surface area contributed by atoms with E-state index in [2.05, 4.69) is 9.97 Å². The normalized spacial score (nSPS) is 9.94. The monoisotopic (exact) mass is 227 g/mol. The molecule has 0 fully saturated rings. The highest BCUT2D eigenvalue weighted by molar-refractivity contribution is 5.39. The number of aromatic nitrogens is 2. The summed E-state index contributed by atoms with van der Waals surface area (Å²) in [5.41, 5.74) is 2.64. The van der Waals surface area contributed by atoms with Gasteiger partial charge in [0.05, 0.1) is 23.0 Å². The lowest BCUT2D eigenvalue weighted by Crippen LogP contribution is -1.97. The van der Waals surface area contributed by atoms with Crippen LogP contribution in [0.4, 0.5) is 4.39 Å². The number of nitriles is 1. The summed E-state index contributed by atoms with van der Waals surface area (Å²) >= 11 is 0. The zero-order chi connectivity index (χ0) is 12.3. The molecule has 2 aromatic rings. The van der Waals surface area contributed by atoms with E-state index in [1.807, 2.05) is 13.0 Å². The van der Waals surface area contributed by atoms with Crippen LogP contribution in [0.15, 0.2) is 30.6 Å². The van der Waals surface area contributed by atoms with Crippen LogP contribution in [0, 0.1) is 24.1 Å². The van der Waals surface area contributed by atoms with E-state index in [-0.39, 0.29) is 5.82 Å². The zero-order valence-corrected chi connectivity index (χ0v) is 9.31. The van der Waals surface area contributed by atoms with E-state index in [0.29, 0.717) is 17.5 Å². The van der Waals surface area contributed by atoms with Gasteiger partial charge in [-0.05, 0) is 30.7 Å². The Bertz CT molecular complexity index is 570. The summed E-state index contributed by atoms with van der Waals surface area (Å²) in [6.07, 6.45) is 3.70. The first-order valence-corrected chi connectivity index (χ1v) is 5.15. The van der Waals surface area contributed by atoms with Crippen molar-refractivity contribution in [3.05, 3.63) is 58.9 Å². The minimum Gasteiger partial charge on any atom is -0.258 e. The van der Waals surface area contributed by atoms with Crippen LogP contribution in [-0.2, 0) is 6.42 Å². The van der Waals surface area contributed by atoms with Crippen molar-refractivity contribution in [3.8, 4) is 6.07 Å². The number of hydrogen-bond acceptors (Lipinski definition) is 3. The molecule has 1 aromatic heterocycles. The van der Waals surface area contributed by atoms with Gasteiger partial charge in [0.25, 0.3) is 0 Å². The van der Waals surface area contributed by atoms with E-state index in [4.69, 9.17) is 5.26 Å². The molecule has 0 bridgehead atoms. The van der Waals surface area contributed by atoms with Crippen LogP contribution in [-0.4, -0.2) is 9.97 Å². The van der Waals surface area contributed by atoms with Crippen LogP contribution in [0.3, 0.4) is 0 Å². The molecule has 17 heavy (non-hydrogen) atoms. The van der Waals surface area contributed by atoms with Crippen LogP contribution in [0.5, 0.6) is 0 Å². The Labute approximate surface area is 98.6 Å². The van der Waals surface area contributed by atoms with Crippen molar-refractivity contribution in [2.24, 2.45) is 0 Å². The number of hydrogen-bond donors (Lipinski definition) is 0. The zero-order valence-electron chi connectivity index (χ0n) is 9.31. The summed E-state index contributed by atoms with van der Waals surface area (Å²) in [6, 6.07) is 6.16. The molecule has 1 aromatic carbocycles. The fourth-order valence-corrected chi connectivity index (χ4v) is 1.52. The summed E-state index contributed by atoms with van der Waals surface area (Å²) in [6.45, 7) is 1.85. The Morgan fingerprint density at radius 1 is 1.29 bits per heavy atom.